The van der Waals surface area contributed by atoms with Crippen LogP contribution in [0.1, 0.15) is 52.7 Å². The van der Waals surface area contributed by atoms with Gasteiger partial charge in [-0.1, -0.05) is 36.4 Å². The molecular formula is C32H37N5O2. The zero-order chi connectivity index (χ0) is 27.2. The fourth-order valence-corrected chi connectivity index (χ4v) is 5.97. The Morgan fingerprint density at radius 2 is 1.56 bits per heavy atom. The molecule has 0 aromatic heterocycles. The van der Waals surface area contributed by atoms with Crippen LogP contribution in [0.4, 0.5) is 0 Å². The first-order chi connectivity index (χ1) is 19.0. The predicted octanol–water partition coefficient (Wildman–Crippen LogP) is 3.86. The van der Waals surface area contributed by atoms with Crippen molar-refractivity contribution in [3.63, 3.8) is 0 Å². The van der Waals surface area contributed by atoms with Gasteiger partial charge in [0, 0.05) is 57.1 Å². The van der Waals surface area contributed by atoms with Crippen molar-refractivity contribution in [3.8, 4) is 6.07 Å². The summed E-state index contributed by atoms with van der Waals surface area (Å²) in [7, 11) is 0. The molecule has 7 heteroatoms. The average Bonchev–Trinajstić information content (AvgIpc) is 2.98. The molecule has 2 N–H and O–H groups in total. The molecule has 2 aromatic rings. The van der Waals surface area contributed by atoms with Gasteiger partial charge in [-0.15, -0.1) is 0 Å². The lowest BCUT2D eigenvalue weighted by Gasteiger charge is -2.39. The zero-order valence-electron chi connectivity index (χ0n) is 22.5. The summed E-state index contributed by atoms with van der Waals surface area (Å²) in [5, 5.41) is 9.00. The molecule has 0 radical (unpaired) electrons. The van der Waals surface area contributed by atoms with Gasteiger partial charge in [0.15, 0.2) is 0 Å². The van der Waals surface area contributed by atoms with Crippen LogP contribution in [0.5, 0.6) is 0 Å². The lowest BCUT2D eigenvalue weighted by molar-refractivity contribution is -0.128. The molecule has 0 spiro atoms. The highest BCUT2D eigenvalue weighted by atomic mass is 16.2. The van der Waals surface area contributed by atoms with Crippen LogP contribution < -0.4 is 5.73 Å². The highest BCUT2D eigenvalue weighted by molar-refractivity contribution is 5.96. The number of benzene rings is 2. The van der Waals surface area contributed by atoms with E-state index in [0.29, 0.717) is 23.1 Å². The summed E-state index contributed by atoms with van der Waals surface area (Å²) in [6.45, 7) is 5.38. The summed E-state index contributed by atoms with van der Waals surface area (Å²) in [6, 6.07) is 18.1. The van der Waals surface area contributed by atoms with Gasteiger partial charge in [0.05, 0.1) is 17.2 Å². The molecule has 2 amide bonds. The van der Waals surface area contributed by atoms with Gasteiger partial charge in [-0.2, -0.15) is 5.26 Å². The number of nitriles is 1. The zero-order valence-corrected chi connectivity index (χ0v) is 22.5. The molecule has 0 saturated carbocycles. The van der Waals surface area contributed by atoms with Gasteiger partial charge in [-0.25, -0.2) is 0 Å². The van der Waals surface area contributed by atoms with Gasteiger partial charge in [0.25, 0.3) is 5.91 Å². The van der Waals surface area contributed by atoms with Crippen LogP contribution in [-0.4, -0.2) is 65.3 Å². The minimum absolute atomic E-state index is 0.137. The van der Waals surface area contributed by atoms with E-state index in [1.165, 1.54) is 11.1 Å². The first-order valence-electron chi connectivity index (χ1n) is 14.0. The summed E-state index contributed by atoms with van der Waals surface area (Å²) < 4.78 is 0. The van der Waals surface area contributed by atoms with E-state index in [1.807, 2.05) is 47.4 Å². The molecule has 3 aliphatic rings. The van der Waals surface area contributed by atoms with Gasteiger partial charge in [-0.05, 0) is 73.4 Å². The molecule has 0 atom stereocenters. The Bertz CT molecular complexity index is 1260. The molecule has 0 bridgehead atoms. The predicted molar refractivity (Wildman–Crippen MR) is 151 cm³/mol. The maximum Gasteiger partial charge on any atom is 0.255 e. The number of rotatable bonds is 7. The summed E-state index contributed by atoms with van der Waals surface area (Å²) >= 11 is 0. The third kappa shape index (κ3) is 6.76. The Balaban J connectivity index is 1.09. The topological polar surface area (TPSA) is 93.7 Å². The fourth-order valence-electron chi connectivity index (χ4n) is 5.97. The van der Waals surface area contributed by atoms with Crippen LogP contribution in [-0.2, 0) is 17.8 Å². The summed E-state index contributed by atoms with van der Waals surface area (Å²) in [5.41, 5.74) is 9.83. The highest BCUT2D eigenvalue weighted by Gasteiger charge is 2.28. The van der Waals surface area contributed by atoms with Gasteiger partial charge in [0.1, 0.15) is 0 Å². The summed E-state index contributed by atoms with van der Waals surface area (Å²) in [5.74, 6) is 0.275. The lowest BCUT2D eigenvalue weighted by atomic mass is 9.89. The number of hydrogen-bond donors (Lipinski definition) is 1. The van der Waals surface area contributed by atoms with Gasteiger partial charge in [-0.3, -0.25) is 14.5 Å². The molecule has 7 nitrogen and oxygen atoms in total. The van der Waals surface area contributed by atoms with Gasteiger partial charge in [0.2, 0.25) is 5.91 Å². The molecule has 202 valence electrons. The molecule has 2 fully saturated rings. The van der Waals surface area contributed by atoms with E-state index in [1.54, 1.807) is 12.1 Å². The SMILES string of the molecule is N#Cc1ccc(CN2CCC(N3C=C(C(=O)N4CCC(Cc5ccc(C(N)=O)cc5)CC4)C=CC3)CC2)cc1. The summed E-state index contributed by atoms with van der Waals surface area (Å²) in [6.07, 6.45) is 11.3. The van der Waals surface area contributed by atoms with Crippen molar-refractivity contribution < 1.29 is 9.59 Å². The minimum atomic E-state index is -0.400. The maximum atomic E-state index is 13.4. The third-order valence-electron chi connectivity index (χ3n) is 8.35. The quantitative estimate of drug-likeness (QED) is 0.595. The van der Waals surface area contributed by atoms with Crippen LogP contribution in [0.2, 0.25) is 0 Å². The molecule has 0 aliphatic carbocycles. The smallest absolute Gasteiger partial charge is 0.255 e. The molecule has 39 heavy (non-hydrogen) atoms. The first kappa shape index (κ1) is 26.7. The van der Waals surface area contributed by atoms with E-state index in [4.69, 9.17) is 11.0 Å². The molecule has 3 heterocycles. The standard InChI is InChI=1S/C32H37N5O2/c33-21-26-3-5-27(6-4-26)22-35-16-13-30(14-17-35)37-15-1-2-29(23-37)32(39)36-18-11-25(12-19-36)20-24-7-9-28(10-8-24)31(34)38/h1-10,23,25,30H,11-20,22H2,(H2,34,38). The van der Waals surface area contributed by atoms with Gasteiger partial charge < -0.3 is 15.5 Å². The number of carbonyl (C=O) groups is 2. The second kappa shape index (κ2) is 12.3. The number of carbonyl (C=O) groups excluding carboxylic acids is 2. The monoisotopic (exact) mass is 523 g/mol. The van der Waals surface area contributed by atoms with Crippen molar-refractivity contribution in [3.05, 3.63) is 94.7 Å². The molecule has 0 unspecified atom stereocenters. The van der Waals surface area contributed by atoms with Gasteiger partial charge >= 0.3 is 0 Å². The van der Waals surface area contributed by atoms with Crippen molar-refractivity contribution in [1.29, 1.82) is 5.26 Å². The molecular weight excluding hydrogens is 486 g/mol. The van der Waals surface area contributed by atoms with Crippen LogP contribution >= 0.6 is 0 Å². The van der Waals surface area contributed by atoms with Crippen LogP contribution in [0, 0.1) is 17.2 Å². The molecule has 5 rings (SSSR count). The Kier molecular flexibility index (Phi) is 8.43. The molecule has 3 aliphatic heterocycles. The second-order valence-electron chi connectivity index (χ2n) is 11.0. The largest absolute Gasteiger partial charge is 0.370 e. The normalized spacial score (nSPS) is 19.0. The van der Waals surface area contributed by atoms with Crippen molar-refractivity contribution >= 4 is 11.8 Å². The summed E-state index contributed by atoms with van der Waals surface area (Å²) in [4.78, 5) is 31.5. The lowest BCUT2D eigenvalue weighted by Crippen LogP contribution is -2.44. The van der Waals surface area contributed by atoms with E-state index in [9.17, 15) is 9.59 Å². The first-order valence-corrected chi connectivity index (χ1v) is 14.0. The number of likely N-dealkylation sites (tertiary alicyclic amines) is 2. The number of nitrogens with two attached hydrogens (primary N) is 1. The number of primary amides is 1. The second-order valence-corrected chi connectivity index (χ2v) is 11.0. The number of hydrogen-bond acceptors (Lipinski definition) is 5. The highest BCUT2D eigenvalue weighted by Crippen LogP contribution is 2.26. The Hall–Kier alpha value is -3.89. The number of nitrogens with zero attached hydrogens (tertiary/aromatic N) is 4. The Morgan fingerprint density at radius 1 is 0.897 bits per heavy atom. The van der Waals surface area contributed by atoms with Crippen molar-refractivity contribution in [1.82, 2.24) is 14.7 Å². The van der Waals surface area contributed by atoms with E-state index in [2.05, 4.69) is 28.1 Å². The fraction of sp³-hybridized carbons (Fsp3) is 0.406. The van der Waals surface area contributed by atoms with Crippen molar-refractivity contribution in [2.24, 2.45) is 11.7 Å². The maximum absolute atomic E-state index is 13.4. The molecule has 2 aromatic carbocycles. The minimum Gasteiger partial charge on any atom is -0.370 e. The van der Waals surface area contributed by atoms with Crippen LogP contribution in [0.25, 0.3) is 0 Å². The van der Waals surface area contributed by atoms with E-state index < -0.39 is 5.91 Å². The number of amides is 2. The van der Waals surface area contributed by atoms with Crippen LogP contribution in [0.3, 0.4) is 0 Å². The molecule has 2 saturated heterocycles. The van der Waals surface area contributed by atoms with Crippen molar-refractivity contribution in [2.45, 2.75) is 44.7 Å². The van der Waals surface area contributed by atoms with Crippen molar-refractivity contribution in [2.75, 3.05) is 32.7 Å². The van der Waals surface area contributed by atoms with E-state index in [-0.39, 0.29) is 5.91 Å². The third-order valence-corrected chi connectivity index (χ3v) is 8.35. The Morgan fingerprint density at radius 3 is 2.21 bits per heavy atom. The number of piperidine rings is 2. The Labute approximate surface area is 231 Å². The average molecular weight is 524 g/mol. The van der Waals surface area contributed by atoms with Crippen LogP contribution in [0.15, 0.2) is 72.5 Å². The van der Waals surface area contributed by atoms with E-state index >= 15 is 0 Å². The van der Waals surface area contributed by atoms with E-state index in [0.717, 1.165) is 76.9 Å².